The molecule has 8 heteroatoms. The zero-order chi connectivity index (χ0) is 49.2. The summed E-state index contributed by atoms with van der Waals surface area (Å²) < 4.78 is 17.3. The fourth-order valence-corrected chi connectivity index (χ4v) is 8.12. The molecule has 388 valence electrons. The molecule has 0 rings (SSSR count). The van der Waals surface area contributed by atoms with Crippen LogP contribution in [0.5, 0.6) is 0 Å². The molecule has 67 heavy (non-hydrogen) atoms. The standard InChI is InChI=1S/C59H105NO7/c1-6-8-10-12-14-16-18-20-22-24-26-28-29-30-32-34-36-38-40-42-44-46-48-50-58(62)67-55(53-65-52-51-56(59(63)64)60(3,4)5)54-66-57(61)49-47-45-43-41-39-37-35-33-31-27-25-23-21-19-17-15-13-11-9-7-2/h9,11,15,17,21,23,26,28,30,32,55-56H,6-8,10,12-14,16,18-20,22,24-25,27,29,31,33-54H2,1-5H3/b11-9+,17-15+,23-21+,28-26+,32-30+. The number of quaternary nitrogens is 1. The number of carboxylic acid groups (broad SMARTS) is 1. The molecule has 0 aromatic carbocycles. The molecule has 0 aliphatic rings. The molecule has 0 N–H and O–H groups in total. The highest BCUT2D eigenvalue weighted by atomic mass is 16.6. The van der Waals surface area contributed by atoms with E-state index in [2.05, 4.69) is 74.6 Å². The van der Waals surface area contributed by atoms with E-state index in [0.717, 1.165) is 70.6 Å². The van der Waals surface area contributed by atoms with Gasteiger partial charge in [0.2, 0.25) is 0 Å². The molecular weight excluding hydrogens is 835 g/mol. The fraction of sp³-hybridized carbons (Fsp3) is 0.780. The molecular formula is C59H105NO7. The maximum absolute atomic E-state index is 12.8. The topological polar surface area (TPSA) is 102 Å². The van der Waals surface area contributed by atoms with E-state index in [-0.39, 0.29) is 42.7 Å². The Hall–Kier alpha value is -2.97. The van der Waals surface area contributed by atoms with E-state index in [1.54, 1.807) is 21.1 Å². The Kier molecular flexibility index (Phi) is 47.3. The predicted octanol–water partition coefficient (Wildman–Crippen LogP) is 15.1. The Bertz CT molecular complexity index is 1280. The van der Waals surface area contributed by atoms with Crippen LogP contribution in [0.2, 0.25) is 0 Å². The minimum absolute atomic E-state index is 0.0354. The Morgan fingerprint density at radius 2 is 0.836 bits per heavy atom. The van der Waals surface area contributed by atoms with Crippen molar-refractivity contribution in [3.63, 3.8) is 0 Å². The van der Waals surface area contributed by atoms with Gasteiger partial charge in [-0.05, 0) is 77.0 Å². The Morgan fingerprint density at radius 1 is 0.463 bits per heavy atom. The van der Waals surface area contributed by atoms with E-state index in [9.17, 15) is 19.5 Å². The Labute approximate surface area is 413 Å². The zero-order valence-corrected chi connectivity index (χ0v) is 44.3. The van der Waals surface area contributed by atoms with Gasteiger partial charge in [0.05, 0.1) is 40.3 Å². The molecule has 0 aliphatic heterocycles. The van der Waals surface area contributed by atoms with Gasteiger partial charge in [0.15, 0.2) is 6.10 Å². The van der Waals surface area contributed by atoms with Crippen molar-refractivity contribution in [3.05, 3.63) is 60.8 Å². The van der Waals surface area contributed by atoms with Crippen molar-refractivity contribution in [2.45, 2.75) is 257 Å². The molecule has 0 heterocycles. The molecule has 0 aromatic heterocycles. The van der Waals surface area contributed by atoms with Gasteiger partial charge >= 0.3 is 11.9 Å². The highest BCUT2D eigenvalue weighted by Gasteiger charge is 2.25. The van der Waals surface area contributed by atoms with Crippen LogP contribution in [0.25, 0.3) is 0 Å². The lowest BCUT2D eigenvalue weighted by molar-refractivity contribution is -0.889. The molecule has 0 spiro atoms. The van der Waals surface area contributed by atoms with E-state index in [0.29, 0.717) is 12.8 Å². The molecule has 0 bridgehead atoms. The predicted molar refractivity (Wildman–Crippen MR) is 282 cm³/mol. The van der Waals surface area contributed by atoms with Crippen LogP contribution in [0, 0.1) is 0 Å². The third kappa shape index (κ3) is 47.9. The highest BCUT2D eigenvalue weighted by Crippen LogP contribution is 2.15. The van der Waals surface area contributed by atoms with Crippen LogP contribution in [0.1, 0.15) is 245 Å². The molecule has 8 nitrogen and oxygen atoms in total. The molecule has 2 atom stereocenters. The van der Waals surface area contributed by atoms with Gasteiger partial charge in [0, 0.05) is 19.3 Å². The number of hydrogen-bond acceptors (Lipinski definition) is 7. The third-order valence-corrected chi connectivity index (χ3v) is 12.4. The first-order valence-corrected chi connectivity index (χ1v) is 27.8. The molecule has 0 radical (unpaired) electrons. The number of esters is 2. The number of carbonyl (C=O) groups excluding carboxylic acids is 3. The average molecular weight is 940 g/mol. The van der Waals surface area contributed by atoms with Crippen molar-refractivity contribution >= 4 is 17.9 Å². The number of hydrogen-bond donors (Lipinski definition) is 0. The summed E-state index contributed by atoms with van der Waals surface area (Å²) in [5.74, 6) is -1.74. The van der Waals surface area contributed by atoms with E-state index in [1.807, 2.05) is 0 Å². The highest BCUT2D eigenvalue weighted by molar-refractivity contribution is 5.70. The maximum Gasteiger partial charge on any atom is 0.306 e. The minimum Gasteiger partial charge on any atom is -0.544 e. The van der Waals surface area contributed by atoms with Gasteiger partial charge in [-0.2, -0.15) is 0 Å². The fourth-order valence-electron chi connectivity index (χ4n) is 8.12. The summed E-state index contributed by atoms with van der Waals surface area (Å²) in [5, 5.41) is 11.7. The SMILES string of the molecule is CC/C=C/C/C=C/C/C=C/CCCCCCCCCCCCC(=O)OCC(COCCC(C(=O)[O-])[N+](C)(C)C)OC(=O)CCCCCCCCC/C=C/C/C=C/CCCCCCCCCCC. The first-order chi connectivity index (χ1) is 32.6. The second-order valence-electron chi connectivity index (χ2n) is 19.8. The van der Waals surface area contributed by atoms with E-state index in [1.165, 1.54) is 141 Å². The van der Waals surface area contributed by atoms with Gasteiger partial charge in [-0.3, -0.25) is 9.59 Å². The Balaban J connectivity index is 4.21. The maximum atomic E-state index is 12.8. The van der Waals surface area contributed by atoms with Crippen molar-refractivity contribution in [2.24, 2.45) is 0 Å². The minimum atomic E-state index is -1.13. The number of aliphatic carboxylic acids is 1. The quantitative estimate of drug-likeness (QED) is 0.0259. The second-order valence-corrected chi connectivity index (χ2v) is 19.8. The number of nitrogens with zero attached hydrogens (tertiary/aromatic N) is 1. The van der Waals surface area contributed by atoms with Gasteiger partial charge in [-0.1, -0.05) is 209 Å². The van der Waals surface area contributed by atoms with E-state index >= 15 is 0 Å². The lowest BCUT2D eigenvalue weighted by Gasteiger charge is -2.34. The molecule has 0 aliphatic carbocycles. The van der Waals surface area contributed by atoms with Crippen LogP contribution >= 0.6 is 0 Å². The number of likely N-dealkylation sites (N-methyl/N-ethyl adjacent to an activating group) is 1. The second kappa shape index (κ2) is 49.5. The van der Waals surface area contributed by atoms with Crippen molar-refractivity contribution in [1.82, 2.24) is 0 Å². The number of carbonyl (C=O) groups is 3. The van der Waals surface area contributed by atoms with Gasteiger partial charge in [0.1, 0.15) is 12.6 Å². The largest absolute Gasteiger partial charge is 0.544 e. The summed E-state index contributed by atoms with van der Waals surface area (Å²) >= 11 is 0. The molecule has 0 saturated carbocycles. The van der Waals surface area contributed by atoms with Crippen molar-refractivity contribution in [1.29, 1.82) is 0 Å². The summed E-state index contributed by atoms with van der Waals surface area (Å²) in [6.07, 6.45) is 62.6. The van der Waals surface area contributed by atoms with Crippen LogP contribution in [-0.4, -0.2) is 75.5 Å². The smallest absolute Gasteiger partial charge is 0.306 e. The number of allylic oxidation sites excluding steroid dienone is 10. The van der Waals surface area contributed by atoms with Crippen LogP contribution in [-0.2, 0) is 28.6 Å². The van der Waals surface area contributed by atoms with Gasteiger partial charge < -0.3 is 28.6 Å². The van der Waals surface area contributed by atoms with Crippen LogP contribution in [0.15, 0.2) is 60.8 Å². The van der Waals surface area contributed by atoms with Crippen LogP contribution in [0.4, 0.5) is 0 Å². The van der Waals surface area contributed by atoms with Crippen molar-refractivity contribution < 1.29 is 38.2 Å². The molecule has 2 unspecified atom stereocenters. The molecule has 0 aromatic rings. The zero-order valence-electron chi connectivity index (χ0n) is 44.3. The average Bonchev–Trinajstić information content (AvgIpc) is 3.29. The van der Waals surface area contributed by atoms with Crippen LogP contribution < -0.4 is 5.11 Å². The van der Waals surface area contributed by atoms with E-state index < -0.39 is 18.1 Å². The van der Waals surface area contributed by atoms with Gasteiger partial charge in [0.25, 0.3) is 0 Å². The first kappa shape index (κ1) is 64.0. The number of carboxylic acids is 1. The number of unbranched alkanes of at least 4 members (excludes halogenated alkanes) is 26. The molecule has 0 saturated heterocycles. The van der Waals surface area contributed by atoms with Gasteiger partial charge in [-0.25, -0.2) is 0 Å². The summed E-state index contributed by atoms with van der Waals surface area (Å²) in [6.45, 7) is 4.57. The van der Waals surface area contributed by atoms with Gasteiger partial charge in [-0.15, -0.1) is 0 Å². The summed E-state index contributed by atoms with van der Waals surface area (Å²) in [4.78, 5) is 37.1. The number of rotatable bonds is 50. The lowest BCUT2D eigenvalue weighted by Crippen LogP contribution is -2.55. The summed E-state index contributed by atoms with van der Waals surface area (Å²) in [6, 6.07) is -0.731. The monoisotopic (exact) mass is 940 g/mol. The Morgan fingerprint density at radius 3 is 1.24 bits per heavy atom. The normalized spacial score (nSPS) is 13.3. The summed E-state index contributed by atoms with van der Waals surface area (Å²) in [7, 11) is 5.42. The molecule has 0 fully saturated rings. The first-order valence-electron chi connectivity index (χ1n) is 27.8. The van der Waals surface area contributed by atoms with Crippen molar-refractivity contribution in [3.8, 4) is 0 Å². The number of ether oxygens (including phenoxy) is 3. The third-order valence-electron chi connectivity index (χ3n) is 12.4. The lowest BCUT2D eigenvalue weighted by atomic mass is 10.1. The molecule has 0 amide bonds. The van der Waals surface area contributed by atoms with Crippen LogP contribution in [0.3, 0.4) is 0 Å². The van der Waals surface area contributed by atoms with E-state index in [4.69, 9.17) is 14.2 Å². The summed E-state index contributed by atoms with van der Waals surface area (Å²) in [5.41, 5.74) is 0. The van der Waals surface area contributed by atoms with Crippen molar-refractivity contribution in [2.75, 3.05) is 41.0 Å².